The Morgan fingerprint density at radius 2 is 2.27 bits per heavy atom. The van der Waals surface area contributed by atoms with E-state index in [2.05, 4.69) is 22.2 Å². The van der Waals surface area contributed by atoms with E-state index in [4.69, 9.17) is 0 Å². The fourth-order valence-electron chi connectivity index (χ4n) is 1.71. The van der Waals surface area contributed by atoms with Crippen LogP contribution < -0.4 is 5.32 Å². The van der Waals surface area contributed by atoms with Crippen LogP contribution >= 0.6 is 0 Å². The first kappa shape index (κ1) is 10.0. The van der Waals surface area contributed by atoms with E-state index < -0.39 is 0 Å². The van der Waals surface area contributed by atoms with Crippen LogP contribution in [0, 0.1) is 0 Å². The van der Waals surface area contributed by atoms with Gasteiger partial charge in [-0.1, -0.05) is 0 Å². The van der Waals surface area contributed by atoms with Crippen molar-refractivity contribution in [2.45, 2.75) is 13.0 Å². The van der Waals surface area contributed by atoms with Crippen molar-refractivity contribution in [3.05, 3.63) is 24.3 Å². The van der Waals surface area contributed by atoms with Crippen molar-refractivity contribution in [3.63, 3.8) is 0 Å². The van der Waals surface area contributed by atoms with Gasteiger partial charge in [-0.3, -0.25) is 4.79 Å². The van der Waals surface area contributed by atoms with Gasteiger partial charge in [-0.05, 0) is 6.92 Å². The fourth-order valence-corrected chi connectivity index (χ4v) is 1.71. The molecule has 0 unspecified atom stereocenters. The highest BCUT2D eigenvalue weighted by Gasteiger charge is 2.21. The van der Waals surface area contributed by atoms with Crippen LogP contribution in [0.1, 0.15) is 17.3 Å². The summed E-state index contributed by atoms with van der Waals surface area (Å²) in [5.41, 5.74) is 0.562. The minimum atomic E-state index is 0.0175. The number of aromatic nitrogens is 2. The van der Waals surface area contributed by atoms with E-state index in [-0.39, 0.29) is 5.91 Å². The molecule has 1 aromatic heterocycles. The second-order valence-corrected chi connectivity index (χ2v) is 3.73. The first-order chi connectivity index (χ1) is 7.27. The smallest absolute Gasteiger partial charge is 0.257 e. The van der Waals surface area contributed by atoms with Gasteiger partial charge >= 0.3 is 0 Å². The Bertz CT molecular complexity index is 341. The summed E-state index contributed by atoms with van der Waals surface area (Å²) >= 11 is 0. The van der Waals surface area contributed by atoms with Gasteiger partial charge in [0.2, 0.25) is 0 Å². The lowest BCUT2D eigenvalue weighted by atomic mass is 10.2. The standard InChI is InChI=1S/C10H14N4O/c1-8-6-14(3-2-13-8)10(15)9-4-11-7-12-5-9/h4-5,7-8,13H,2-3,6H2,1H3/t8-/m1/s1. The minimum absolute atomic E-state index is 0.0175. The van der Waals surface area contributed by atoms with E-state index in [1.807, 2.05) is 4.90 Å². The largest absolute Gasteiger partial charge is 0.336 e. The van der Waals surface area contributed by atoms with Crippen molar-refractivity contribution in [1.82, 2.24) is 20.2 Å². The fraction of sp³-hybridized carbons (Fsp3) is 0.500. The number of hydrogen-bond donors (Lipinski definition) is 1. The first-order valence-electron chi connectivity index (χ1n) is 5.05. The molecule has 1 fully saturated rings. The molecule has 1 aliphatic rings. The lowest BCUT2D eigenvalue weighted by molar-refractivity contribution is 0.0708. The molecule has 1 N–H and O–H groups in total. The van der Waals surface area contributed by atoms with Gasteiger partial charge in [0.05, 0.1) is 5.56 Å². The Kier molecular flexibility index (Phi) is 2.91. The minimum Gasteiger partial charge on any atom is -0.336 e. The van der Waals surface area contributed by atoms with Gasteiger partial charge in [-0.2, -0.15) is 0 Å². The molecule has 0 aromatic carbocycles. The van der Waals surface area contributed by atoms with Gasteiger partial charge in [-0.15, -0.1) is 0 Å². The van der Waals surface area contributed by atoms with Gasteiger partial charge < -0.3 is 10.2 Å². The lowest BCUT2D eigenvalue weighted by Gasteiger charge is -2.31. The predicted octanol–water partition coefficient (Wildman–Crippen LogP) is -0.0895. The third-order valence-electron chi connectivity index (χ3n) is 2.46. The van der Waals surface area contributed by atoms with Crippen molar-refractivity contribution in [1.29, 1.82) is 0 Å². The Morgan fingerprint density at radius 3 is 2.93 bits per heavy atom. The summed E-state index contributed by atoms with van der Waals surface area (Å²) in [6.07, 6.45) is 4.54. The summed E-state index contributed by atoms with van der Waals surface area (Å²) in [4.78, 5) is 21.5. The molecule has 1 amide bonds. The van der Waals surface area contributed by atoms with E-state index in [0.717, 1.165) is 19.6 Å². The average molecular weight is 206 g/mol. The third kappa shape index (κ3) is 2.30. The van der Waals surface area contributed by atoms with Crippen molar-refractivity contribution < 1.29 is 4.79 Å². The van der Waals surface area contributed by atoms with Crippen LogP contribution in [0.3, 0.4) is 0 Å². The molecule has 0 spiro atoms. The van der Waals surface area contributed by atoms with Crippen molar-refractivity contribution in [2.24, 2.45) is 0 Å². The maximum atomic E-state index is 12.0. The molecule has 15 heavy (non-hydrogen) atoms. The van der Waals surface area contributed by atoms with E-state index in [1.54, 1.807) is 12.4 Å². The van der Waals surface area contributed by atoms with Crippen LogP contribution in [-0.4, -0.2) is 46.5 Å². The van der Waals surface area contributed by atoms with Gasteiger partial charge in [0.15, 0.2) is 0 Å². The molecule has 1 aromatic rings. The number of hydrogen-bond acceptors (Lipinski definition) is 4. The van der Waals surface area contributed by atoms with E-state index in [0.29, 0.717) is 11.6 Å². The normalized spacial score (nSPS) is 21.4. The third-order valence-corrected chi connectivity index (χ3v) is 2.46. The lowest BCUT2D eigenvalue weighted by Crippen LogP contribution is -2.51. The van der Waals surface area contributed by atoms with Crippen LogP contribution in [0.15, 0.2) is 18.7 Å². The Hall–Kier alpha value is -1.49. The molecule has 5 nitrogen and oxygen atoms in total. The molecular weight excluding hydrogens is 192 g/mol. The number of nitrogens with zero attached hydrogens (tertiary/aromatic N) is 3. The highest BCUT2D eigenvalue weighted by molar-refractivity contribution is 5.93. The highest BCUT2D eigenvalue weighted by atomic mass is 16.2. The molecule has 0 bridgehead atoms. The summed E-state index contributed by atoms with van der Waals surface area (Å²) in [7, 11) is 0. The topological polar surface area (TPSA) is 58.1 Å². The monoisotopic (exact) mass is 206 g/mol. The van der Waals surface area contributed by atoms with Crippen LogP contribution in [0.4, 0.5) is 0 Å². The second kappa shape index (κ2) is 4.35. The van der Waals surface area contributed by atoms with Crippen molar-refractivity contribution in [2.75, 3.05) is 19.6 Å². The van der Waals surface area contributed by atoms with Gasteiger partial charge in [0.1, 0.15) is 6.33 Å². The maximum Gasteiger partial charge on any atom is 0.257 e. The van der Waals surface area contributed by atoms with Crippen LogP contribution in [0.25, 0.3) is 0 Å². The SMILES string of the molecule is C[C@@H]1CN(C(=O)c2cncnc2)CCN1. The predicted molar refractivity (Wildman–Crippen MR) is 55.4 cm³/mol. The number of carbonyl (C=O) groups is 1. The van der Waals surface area contributed by atoms with Crippen LogP contribution in [0.5, 0.6) is 0 Å². The number of piperazine rings is 1. The zero-order valence-corrected chi connectivity index (χ0v) is 8.68. The zero-order valence-electron chi connectivity index (χ0n) is 8.68. The molecule has 80 valence electrons. The molecule has 5 heteroatoms. The van der Waals surface area contributed by atoms with Gasteiger partial charge in [-0.25, -0.2) is 9.97 Å². The van der Waals surface area contributed by atoms with E-state index in [1.165, 1.54) is 6.33 Å². The summed E-state index contributed by atoms with van der Waals surface area (Å²) in [6.45, 7) is 4.41. The van der Waals surface area contributed by atoms with Crippen molar-refractivity contribution >= 4 is 5.91 Å². The van der Waals surface area contributed by atoms with E-state index >= 15 is 0 Å². The molecule has 1 saturated heterocycles. The quantitative estimate of drug-likeness (QED) is 0.697. The molecule has 0 saturated carbocycles. The van der Waals surface area contributed by atoms with Gasteiger partial charge in [0.25, 0.3) is 5.91 Å². The molecule has 0 aliphatic carbocycles. The molecule has 2 heterocycles. The number of amides is 1. The summed E-state index contributed by atoms with van der Waals surface area (Å²) in [5.74, 6) is 0.0175. The van der Waals surface area contributed by atoms with Crippen LogP contribution in [0.2, 0.25) is 0 Å². The molecule has 1 atom stereocenters. The first-order valence-corrected chi connectivity index (χ1v) is 5.05. The molecule has 1 aliphatic heterocycles. The number of carbonyl (C=O) groups excluding carboxylic acids is 1. The van der Waals surface area contributed by atoms with Crippen LogP contribution in [-0.2, 0) is 0 Å². The summed E-state index contributed by atoms with van der Waals surface area (Å²) < 4.78 is 0. The average Bonchev–Trinajstić information content (AvgIpc) is 2.29. The molecule has 2 rings (SSSR count). The van der Waals surface area contributed by atoms with Crippen molar-refractivity contribution in [3.8, 4) is 0 Å². The summed E-state index contributed by atoms with van der Waals surface area (Å²) in [6, 6.07) is 0.354. The maximum absolute atomic E-state index is 12.0. The Morgan fingerprint density at radius 1 is 1.53 bits per heavy atom. The Balaban J connectivity index is 2.08. The number of nitrogens with one attached hydrogen (secondary N) is 1. The second-order valence-electron chi connectivity index (χ2n) is 3.73. The highest BCUT2D eigenvalue weighted by Crippen LogP contribution is 2.05. The van der Waals surface area contributed by atoms with Gasteiger partial charge in [0, 0.05) is 38.1 Å². The molecular formula is C10H14N4O. The molecule has 0 radical (unpaired) electrons. The Labute approximate surface area is 88.5 Å². The van der Waals surface area contributed by atoms with E-state index in [9.17, 15) is 4.79 Å². The number of rotatable bonds is 1. The summed E-state index contributed by atoms with van der Waals surface area (Å²) in [5, 5.41) is 3.29. The zero-order chi connectivity index (χ0) is 10.7.